The minimum atomic E-state index is -0.763. The van der Waals surface area contributed by atoms with Crippen molar-refractivity contribution in [2.75, 3.05) is 0 Å². The molecule has 0 atom stereocenters. The highest BCUT2D eigenvalue weighted by atomic mass is 16.6. The quantitative estimate of drug-likeness (QED) is 0.455. The van der Waals surface area contributed by atoms with Gasteiger partial charge in [0.2, 0.25) is 0 Å². The SMILES string of the molecule is O=C1NC(=O)c2c(O)cc([N+](=O)[O-])c3cccc1c23. The molecule has 2 aromatic carbocycles. The molecule has 0 aliphatic carbocycles. The zero-order chi connectivity index (χ0) is 13.7. The van der Waals surface area contributed by atoms with Crippen molar-refractivity contribution < 1.29 is 19.6 Å². The van der Waals surface area contributed by atoms with Crippen molar-refractivity contribution in [3.05, 3.63) is 45.5 Å². The van der Waals surface area contributed by atoms with Gasteiger partial charge in [-0.3, -0.25) is 25.0 Å². The smallest absolute Gasteiger partial charge is 0.280 e. The van der Waals surface area contributed by atoms with Gasteiger partial charge in [-0.1, -0.05) is 6.07 Å². The van der Waals surface area contributed by atoms with Gasteiger partial charge in [-0.25, -0.2) is 0 Å². The van der Waals surface area contributed by atoms with Gasteiger partial charge in [0.25, 0.3) is 17.5 Å². The Kier molecular flexibility index (Phi) is 2.06. The molecule has 94 valence electrons. The van der Waals surface area contributed by atoms with Gasteiger partial charge in [-0.05, 0) is 12.1 Å². The molecule has 1 aliphatic heterocycles. The van der Waals surface area contributed by atoms with Crippen LogP contribution in [0, 0.1) is 10.1 Å². The maximum Gasteiger partial charge on any atom is 0.280 e. The molecule has 0 saturated heterocycles. The fourth-order valence-electron chi connectivity index (χ4n) is 2.25. The Hall–Kier alpha value is -2.96. The molecule has 19 heavy (non-hydrogen) atoms. The third-order valence-corrected chi connectivity index (χ3v) is 3.02. The lowest BCUT2D eigenvalue weighted by Gasteiger charge is -2.17. The van der Waals surface area contributed by atoms with Gasteiger partial charge in [0.1, 0.15) is 5.75 Å². The van der Waals surface area contributed by atoms with E-state index in [-0.39, 0.29) is 27.6 Å². The van der Waals surface area contributed by atoms with Gasteiger partial charge >= 0.3 is 0 Å². The number of aromatic hydroxyl groups is 1. The number of hydrogen-bond donors (Lipinski definition) is 2. The minimum absolute atomic E-state index is 0.114. The fraction of sp³-hybridized carbons (Fsp3) is 0. The van der Waals surface area contributed by atoms with Crippen LogP contribution < -0.4 is 5.32 Å². The van der Waals surface area contributed by atoms with Crippen LogP contribution in [0.3, 0.4) is 0 Å². The molecule has 3 rings (SSSR count). The van der Waals surface area contributed by atoms with Crippen LogP contribution in [-0.2, 0) is 0 Å². The average Bonchev–Trinajstić information content (AvgIpc) is 2.35. The van der Waals surface area contributed by atoms with E-state index in [0.29, 0.717) is 0 Å². The fourth-order valence-corrected chi connectivity index (χ4v) is 2.25. The number of benzene rings is 2. The second-order valence-electron chi connectivity index (χ2n) is 4.06. The van der Waals surface area contributed by atoms with E-state index < -0.39 is 22.5 Å². The van der Waals surface area contributed by atoms with Gasteiger partial charge in [-0.15, -0.1) is 0 Å². The highest BCUT2D eigenvalue weighted by molar-refractivity contribution is 6.27. The Morgan fingerprint density at radius 1 is 1.21 bits per heavy atom. The number of imide groups is 1. The number of carbonyl (C=O) groups is 2. The van der Waals surface area contributed by atoms with E-state index in [9.17, 15) is 24.8 Å². The van der Waals surface area contributed by atoms with Crippen LogP contribution in [0.5, 0.6) is 5.75 Å². The normalized spacial score (nSPS) is 13.5. The van der Waals surface area contributed by atoms with Crippen LogP contribution in [-0.4, -0.2) is 21.8 Å². The molecule has 0 unspecified atom stereocenters. The molecule has 7 nitrogen and oxygen atoms in total. The number of nitrogens with one attached hydrogen (secondary N) is 1. The summed E-state index contributed by atoms with van der Waals surface area (Å²) in [5, 5.41) is 23.1. The number of phenols is 1. The number of carbonyl (C=O) groups excluding carboxylic acids is 2. The van der Waals surface area contributed by atoms with Crippen LogP contribution in [0.2, 0.25) is 0 Å². The zero-order valence-corrected chi connectivity index (χ0v) is 9.34. The van der Waals surface area contributed by atoms with Crippen molar-refractivity contribution in [1.82, 2.24) is 5.32 Å². The van der Waals surface area contributed by atoms with E-state index in [2.05, 4.69) is 5.32 Å². The van der Waals surface area contributed by atoms with Crippen molar-refractivity contribution in [2.45, 2.75) is 0 Å². The van der Waals surface area contributed by atoms with Gasteiger partial charge in [0.15, 0.2) is 0 Å². The largest absolute Gasteiger partial charge is 0.507 e. The van der Waals surface area contributed by atoms with E-state index in [1.807, 2.05) is 0 Å². The Balaban J connectivity index is 2.59. The molecule has 1 heterocycles. The lowest BCUT2D eigenvalue weighted by Crippen LogP contribution is -2.34. The van der Waals surface area contributed by atoms with Crippen molar-refractivity contribution in [3.8, 4) is 5.75 Å². The van der Waals surface area contributed by atoms with Gasteiger partial charge < -0.3 is 5.11 Å². The van der Waals surface area contributed by atoms with Crippen molar-refractivity contribution >= 4 is 28.3 Å². The molecular weight excluding hydrogens is 252 g/mol. The van der Waals surface area contributed by atoms with Crippen molar-refractivity contribution in [3.63, 3.8) is 0 Å². The average molecular weight is 258 g/mol. The Morgan fingerprint density at radius 3 is 2.63 bits per heavy atom. The lowest BCUT2D eigenvalue weighted by atomic mass is 9.93. The summed E-state index contributed by atoms with van der Waals surface area (Å²) in [6.07, 6.45) is 0. The number of nitro benzene ring substituents is 1. The summed E-state index contributed by atoms with van der Waals surface area (Å²) >= 11 is 0. The summed E-state index contributed by atoms with van der Waals surface area (Å²) in [6.45, 7) is 0. The Morgan fingerprint density at radius 2 is 1.95 bits per heavy atom. The summed E-state index contributed by atoms with van der Waals surface area (Å²) in [5.74, 6) is -1.92. The van der Waals surface area contributed by atoms with Crippen LogP contribution in [0.25, 0.3) is 10.8 Å². The maximum absolute atomic E-state index is 11.7. The summed E-state index contributed by atoms with van der Waals surface area (Å²) < 4.78 is 0. The van der Waals surface area contributed by atoms with Crippen LogP contribution in [0.15, 0.2) is 24.3 Å². The van der Waals surface area contributed by atoms with Crippen molar-refractivity contribution in [2.24, 2.45) is 0 Å². The van der Waals surface area contributed by atoms with Crippen LogP contribution in [0.4, 0.5) is 5.69 Å². The molecule has 0 bridgehead atoms. The lowest BCUT2D eigenvalue weighted by molar-refractivity contribution is -0.383. The molecule has 0 fully saturated rings. The first-order valence-corrected chi connectivity index (χ1v) is 5.29. The molecular formula is C12H6N2O5. The monoisotopic (exact) mass is 258 g/mol. The number of amides is 2. The standard InChI is InChI=1S/C12H6N2O5/c15-8-4-7(14(18)19)5-2-1-3-6-9(5)10(8)12(17)13-11(6)16/h1-4,15H,(H,13,16,17). The topological polar surface area (TPSA) is 110 Å². The van der Waals surface area contributed by atoms with Gasteiger partial charge in [-0.2, -0.15) is 0 Å². The van der Waals surface area contributed by atoms with E-state index in [0.717, 1.165) is 6.07 Å². The van der Waals surface area contributed by atoms with Crippen molar-refractivity contribution in [1.29, 1.82) is 0 Å². The maximum atomic E-state index is 11.7. The summed E-state index contributed by atoms with van der Waals surface area (Å²) in [4.78, 5) is 33.7. The second-order valence-corrected chi connectivity index (χ2v) is 4.06. The molecule has 7 heteroatoms. The Bertz CT molecular complexity index is 781. The molecule has 2 amide bonds. The first-order chi connectivity index (χ1) is 9.00. The molecule has 0 saturated carbocycles. The number of hydrogen-bond acceptors (Lipinski definition) is 5. The predicted octanol–water partition coefficient (Wildman–Crippen LogP) is 1.34. The van der Waals surface area contributed by atoms with Gasteiger partial charge in [0.05, 0.1) is 21.9 Å². The van der Waals surface area contributed by atoms with Crippen LogP contribution >= 0.6 is 0 Å². The summed E-state index contributed by atoms with van der Waals surface area (Å²) in [6, 6.07) is 5.28. The Labute approximate surface area is 105 Å². The minimum Gasteiger partial charge on any atom is -0.507 e. The predicted molar refractivity (Wildman–Crippen MR) is 64.1 cm³/mol. The number of non-ortho nitro benzene ring substituents is 1. The van der Waals surface area contributed by atoms with E-state index in [4.69, 9.17) is 0 Å². The molecule has 0 aromatic heterocycles. The highest BCUT2D eigenvalue weighted by Gasteiger charge is 2.31. The highest BCUT2D eigenvalue weighted by Crippen LogP contribution is 2.38. The van der Waals surface area contributed by atoms with E-state index in [1.54, 1.807) is 0 Å². The number of nitro groups is 1. The van der Waals surface area contributed by atoms with E-state index in [1.165, 1.54) is 18.2 Å². The summed E-state index contributed by atoms with van der Waals surface area (Å²) in [5.41, 5.74) is -0.331. The van der Waals surface area contributed by atoms with Crippen LogP contribution in [0.1, 0.15) is 20.7 Å². The molecule has 2 N–H and O–H groups in total. The molecule has 0 spiro atoms. The second kappa shape index (κ2) is 3.52. The third-order valence-electron chi connectivity index (χ3n) is 3.02. The molecule has 2 aromatic rings. The molecule has 1 aliphatic rings. The zero-order valence-electron chi connectivity index (χ0n) is 9.34. The first kappa shape index (κ1) is 11.1. The number of nitrogens with zero attached hydrogens (tertiary/aromatic N) is 1. The number of rotatable bonds is 1. The first-order valence-electron chi connectivity index (χ1n) is 5.29. The molecule has 0 radical (unpaired) electrons. The number of phenolic OH excluding ortho intramolecular Hbond substituents is 1. The summed E-state index contributed by atoms with van der Waals surface area (Å²) in [7, 11) is 0. The van der Waals surface area contributed by atoms with E-state index >= 15 is 0 Å². The van der Waals surface area contributed by atoms with Gasteiger partial charge in [0, 0.05) is 10.9 Å². The third kappa shape index (κ3) is 1.38.